The fourth-order valence-corrected chi connectivity index (χ4v) is 3.55. The van der Waals surface area contributed by atoms with Gasteiger partial charge in [0.05, 0.1) is 18.7 Å². The number of benzene rings is 2. The number of carbonyl (C=O) groups is 2. The summed E-state index contributed by atoms with van der Waals surface area (Å²) in [7, 11) is 0. The lowest BCUT2D eigenvalue weighted by Crippen LogP contribution is -2.38. The standard InChI is InChI=1S/C22H22ClNO3/c1-3-27-22(26)21-15(2)24(14-16-7-5-4-6-8-16)20(25)13-19(21)17-9-11-18(23)12-10-17/h4-12,19H,3,13-14H2,1-2H3. The Hall–Kier alpha value is -2.59. The van der Waals surface area contributed by atoms with Gasteiger partial charge in [0.15, 0.2) is 0 Å². The predicted octanol–water partition coefficient (Wildman–Crippen LogP) is 4.69. The fraction of sp³-hybridized carbons (Fsp3) is 0.273. The average Bonchev–Trinajstić information content (AvgIpc) is 2.66. The van der Waals surface area contributed by atoms with Crippen molar-refractivity contribution in [2.45, 2.75) is 32.7 Å². The first-order chi connectivity index (χ1) is 13.0. The van der Waals surface area contributed by atoms with Crippen LogP contribution in [-0.2, 0) is 20.9 Å². The van der Waals surface area contributed by atoms with Crippen LogP contribution in [0.1, 0.15) is 37.3 Å². The van der Waals surface area contributed by atoms with Gasteiger partial charge < -0.3 is 9.64 Å². The highest BCUT2D eigenvalue weighted by Gasteiger charge is 2.36. The summed E-state index contributed by atoms with van der Waals surface area (Å²) in [5, 5.41) is 0.616. The maximum atomic E-state index is 12.9. The van der Waals surface area contributed by atoms with Crippen LogP contribution in [0, 0.1) is 0 Å². The number of amides is 1. The zero-order valence-corrected chi connectivity index (χ0v) is 16.2. The zero-order valence-electron chi connectivity index (χ0n) is 15.4. The second kappa shape index (κ2) is 8.40. The third-order valence-corrected chi connectivity index (χ3v) is 5.03. The van der Waals surface area contributed by atoms with E-state index in [0.29, 0.717) is 22.8 Å². The van der Waals surface area contributed by atoms with Gasteiger partial charge in [-0.05, 0) is 37.1 Å². The number of ether oxygens (including phenoxy) is 1. The Morgan fingerprint density at radius 2 is 1.81 bits per heavy atom. The molecule has 1 atom stereocenters. The van der Waals surface area contributed by atoms with Gasteiger partial charge in [0.25, 0.3) is 0 Å². The van der Waals surface area contributed by atoms with Gasteiger partial charge in [-0.1, -0.05) is 54.1 Å². The summed E-state index contributed by atoms with van der Waals surface area (Å²) < 4.78 is 5.30. The summed E-state index contributed by atoms with van der Waals surface area (Å²) in [6.07, 6.45) is 0.222. The molecule has 0 saturated heterocycles. The molecular formula is C22H22ClNO3. The van der Waals surface area contributed by atoms with Crippen molar-refractivity contribution in [3.8, 4) is 0 Å². The maximum absolute atomic E-state index is 12.9. The lowest BCUT2D eigenvalue weighted by Gasteiger charge is -2.34. The molecule has 2 aromatic rings. The number of nitrogens with zero attached hydrogens (tertiary/aromatic N) is 1. The molecule has 4 nitrogen and oxygen atoms in total. The van der Waals surface area contributed by atoms with E-state index in [1.54, 1.807) is 24.0 Å². The van der Waals surface area contributed by atoms with Crippen molar-refractivity contribution in [3.05, 3.63) is 82.0 Å². The minimum absolute atomic E-state index is 0.00986. The van der Waals surface area contributed by atoms with Gasteiger partial charge in [-0.3, -0.25) is 4.79 Å². The van der Waals surface area contributed by atoms with Gasteiger partial charge in [-0.15, -0.1) is 0 Å². The summed E-state index contributed by atoms with van der Waals surface area (Å²) in [6.45, 7) is 4.31. The van der Waals surface area contributed by atoms with Gasteiger partial charge in [0.1, 0.15) is 0 Å². The van der Waals surface area contributed by atoms with Crippen LogP contribution in [0.3, 0.4) is 0 Å². The highest BCUT2D eigenvalue weighted by Crippen LogP contribution is 2.38. The molecule has 0 saturated carbocycles. The number of rotatable bonds is 5. The van der Waals surface area contributed by atoms with Crippen LogP contribution in [0.5, 0.6) is 0 Å². The Bertz CT molecular complexity index is 859. The number of hydrogen-bond acceptors (Lipinski definition) is 3. The predicted molar refractivity (Wildman–Crippen MR) is 105 cm³/mol. The van der Waals surface area contributed by atoms with Crippen LogP contribution in [0.4, 0.5) is 0 Å². The van der Waals surface area contributed by atoms with Crippen molar-refractivity contribution in [1.82, 2.24) is 4.90 Å². The second-order valence-corrected chi connectivity index (χ2v) is 6.93. The SMILES string of the molecule is CCOC(=O)C1=C(C)N(Cc2ccccc2)C(=O)CC1c1ccc(Cl)cc1. The summed E-state index contributed by atoms with van der Waals surface area (Å²) in [4.78, 5) is 27.3. The molecule has 0 aromatic heterocycles. The molecule has 0 radical (unpaired) electrons. The lowest BCUT2D eigenvalue weighted by atomic mass is 9.83. The number of allylic oxidation sites excluding steroid dienone is 1. The smallest absolute Gasteiger partial charge is 0.336 e. The van der Waals surface area contributed by atoms with Crippen LogP contribution in [0.2, 0.25) is 5.02 Å². The molecule has 1 aliphatic rings. The summed E-state index contributed by atoms with van der Waals surface area (Å²) in [5.74, 6) is -0.717. The molecule has 0 fully saturated rings. The summed E-state index contributed by atoms with van der Waals surface area (Å²) in [6, 6.07) is 17.0. The van der Waals surface area contributed by atoms with Crippen LogP contribution in [0.15, 0.2) is 65.9 Å². The maximum Gasteiger partial charge on any atom is 0.336 e. The molecule has 0 aliphatic carbocycles. The third kappa shape index (κ3) is 4.22. The fourth-order valence-electron chi connectivity index (χ4n) is 3.42. The lowest BCUT2D eigenvalue weighted by molar-refractivity contribution is -0.140. The Morgan fingerprint density at radius 3 is 2.44 bits per heavy atom. The van der Waals surface area contributed by atoms with Crippen molar-refractivity contribution in [2.24, 2.45) is 0 Å². The Labute approximate surface area is 164 Å². The van der Waals surface area contributed by atoms with Crippen molar-refractivity contribution in [2.75, 3.05) is 6.61 Å². The molecule has 3 rings (SSSR count). The Kier molecular flexibility index (Phi) is 5.97. The normalized spacial score (nSPS) is 17.2. The molecule has 140 valence electrons. The van der Waals surface area contributed by atoms with E-state index in [-0.39, 0.29) is 30.8 Å². The first-order valence-corrected chi connectivity index (χ1v) is 9.36. The number of carbonyl (C=O) groups excluding carboxylic acids is 2. The highest BCUT2D eigenvalue weighted by molar-refractivity contribution is 6.30. The van der Waals surface area contributed by atoms with E-state index < -0.39 is 0 Å². The van der Waals surface area contributed by atoms with Gasteiger partial charge >= 0.3 is 5.97 Å². The number of hydrogen-bond donors (Lipinski definition) is 0. The molecule has 1 aliphatic heterocycles. The van der Waals surface area contributed by atoms with Crippen molar-refractivity contribution in [3.63, 3.8) is 0 Å². The molecule has 1 amide bonds. The molecule has 5 heteroatoms. The van der Waals surface area contributed by atoms with Crippen molar-refractivity contribution < 1.29 is 14.3 Å². The molecule has 1 unspecified atom stereocenters. The summed E-state index contributed by atoms with van der Waals surface area (Å²) >= 11 is 5.99. The third-order valence-electron chi connectivity index (χ3n) is 4.77. The van der Waals surface area contributed by atoms with Crippen molar-refractivity contribution >= 4 is 23.5 Å². The number of esters is 1. The van der Waals surface area contributed by atoms with Crippen LogP contribution in [0.25, 0.3) is 0 Å². The zero-order chi connectivity index (χ0) is 19.4. The molecule has 2 aromatic carbocycles. The second-order valence-electron chi connectivity index (χ2n) is 6.49. The van der Waals surface area contributed by atoms with Crippen LogP contribution in [-0.4, -0.2) is 23.4 Å². The minimum Gasteiger partial charge on any atom is -0.463 e. The summed E-state index contributed by atoms with van der Waals surface area (Å²) in [5.41, 5.74) is 3.08. The van der Waals surface area contributed by atoms with Gasteiger partial charge in [-0.25, -0.2) is 4.79 Å². The van der Waals surface area contributed by atoms with Crippen LogP contribution < -0.4 is 0 Å². The van der Waals surface area contributed by atoms with Gasteiger partial charge in [0, 0.05) is 23.1 Å². The van der Waals surface area contributed by atoms with E-state index in [1.165, 1.54) is 0 Å². The van der Waals surface area contributed by atoms with Gasteiger partial charge in [0.2, 0.25) is 5.91 Å². The first-order valence-electron chi connectivity index (χ1n) is 8.99. The van der Waals surface area contributed by atoms with E-state index in [9.17, 15) is 9.59 Å². The molecular weight excluding hydrogens is 362 g/mol. The van der Waals surface area contributed by atoms with E-state index in [1.807, 2.05) is 49.4 Å². The van der Waals surface area contributed by atoms with E-state index >= 15 is 0 Å². The highest BCUT2D eigenvalue weighted by atomic mass is 35.5. The van der Waals surface area contributed by atoms with E-state index in [2.05, 4.69) is 0 Å². The van der Waals surface area contributed by atoms with Gasteiger partial charge in [-0.2, -0.15) is 0 Å². The van der Waals surface area contributed by atoms with E-state index in [4.69, 9.17) is 16.3 Å². The first kappa shape index (κ1) is 19.2. The Balaban J connectivity index is 2.02. The van der Waals surface area contributed by atoms with Crippen molar-refractivity contribution in [1.29, 1.82) is 0 Å². The molecule has 1 heterocycles. The minimum atomic E-state index is -0.375. The Morgan fingerprint density at radius 1 is 1.15 bits per heavy atom. The van der Waals surface area contributed by atoms with Crippen LogP contribution >= 0.6 is 11.6 Å². The largest absolute Gasteiger partial charge is 0.463 e. The number of halogens is 1. The molecule has 0 bridgehead atoms. The average molecular weight is 384 g/mol. The molecule has 27 heavy (non-hydrogen) atoms. The quantitative estimate of drug-likeness (QED) is 0.703. The van der Waals surface area contributed by atoms with E-state index in [0.717, 1.165) is 11.1 Å². The monoisotopic (exact) mass is 383 g/mol. The molecule has 0 spiro atoms. The topological polar surface area (TPSA) is 46.6 Å². The molecule has 0 N–H and O–H groups in total.